The topological polar surface area (TPSA) is 52.3 Å². The van der Waals surface area contributed by atoms with Gasteiger partial charge in [-0.05, 0) is 6.92 Å². The molecule has 0 radical (unpaired) electrons. The number of hydrogen-bond acceptors (Lipinski definition) is 3. The maximum absolute atomic E-state index is 10.6. The van der Waals surface area contributed by atoms with Crippen LogP contribution >= 0.6 is 12.4 Å². The number of nitrogens with two attached hydrogens (primary N) is 1. The van der Waals surface area contributed by atoms with Crippen LogP contribution in [0.5, 0.6) is 0 Å². The molecule has 0 rings (SSSR count). The first-order valence-electron chi connectivity index (χ1n) is 2.77. The van der Waals surface area contributed by atoms with Crippen LogP contribution in [-0.4, -0.2) is 18.6 Å². The van der Waals surface area contributed by atoms with Crippen LogP contribution < -0.4 is 5.73 Å². The smallest absolute Gasteiger partial charge is 0.326 e. The van der Waals surface area contributed by atoms with Crippen molar-refractivity contribution in [2.24, 2.45) is 5.73 Å². The molecular formula is C6H12ClNO2. The van der Waals surface area contributed by atoms with E-state index in [9.17, 15) is 4.79 Å². The summed E-state index contributed by atoms with van der Waals surface area (Å²) in [6.07, 6.45) is 1.35. The van der Waals surface area contributed by atoms with Crippen molar-refractivity contribution in [3.05, 3.63) is 12.7 Å². The predicted molar refractivity (Wildman–Crippen MR) is 42.1 cm³/mol. The molecule has 0 amide bonds. The van der Waals surface area contributed by atoms with Crippen molar-refractivity contribution >= 4 is 18.4 Å². The summed E-state index contributed by atoms with van der Waals surface area (Å²) in [5.41, 5.74) is 5.21. The van der Waals surface area contributed by atoms with Gasteiger partial charge in [-0.2, -0.15) is 0 Å². The Balaban J connectivity index is 0. The van der Waals surface area contributed by atoms with E-state index in [1.165, 1.54) is 6.08 Å². The molecule has 3 nitrogen and oxygen atoms in total. The van der Waals surface area contributed by atoms with E-state index in [4.69, 9.17) is 5.73 Å². The zero-order valence-electron chi connectivity index (χ0n) is 5.87. The highest BCUT2D eigenvalue weighted by atomic mass is 35.5. The quantitative estimate of drug-likeness (QED) is 0.489. The Hall–Kier alpha value is -0.540. The lowest BCUT2D eigenvalue weighted by Gasteiger charge is -2.03. The summed E-state index contributed by atoms with van der Waals surface area (Å²) in [6, 6.07) is -0.676. The van der Waals surface area contributed by atoms with Crippen LogP contribution in [0.4, 0.5) is 0 Å². The predicted octanol–water partition coefficient (Wildman–Crippen LogP) is 0.485. The van der Waals surface area contributed by atoms with E-state index < -0.39 is 12.0 Å². The first kappa shape index (κ1) is 12.2. The molecule has 0 saturated carbocycles. The third kappa shape index (κ3) is 4.35. The maximum Gasteiger partial charge on any atom is 0.326 e. The van der Waals surface area contributed by atoms with Crippen molar-refractivity contribution in [1.29, 1.82) is 0 Å². The van der Waals surface area contributed by atoms with Gasteiger partial charge in [0.05, 0.1) is 6.61 Å². The summed E-state index contributed by atoms with van der Waals surface area (Å²) in [7, 11) is 0. The standard InChI is InChI=1S/C6H11NO2.ClH/c1-3-5(7)6(8)9-4-2;/h3,5H,1,4,7H2,2H3;1H. The fourth-order valence-electron chi connectivity index (χ4n) is 0.335. The molecule has 0 fully saturated rings. The van der Waals surface area contributed by atoms with E-state index in [0.29, 0.717) is 6.61 Å². The van der Waals surface area contributed by atoms with Gasteiger partial charge in [-0.25, -0.2) is 0 Å². The van der Waals surface area contributed by atoms with E-state index in [1.54, 1.807) is 6.92 Å². The van der Waals surface area contributed by atoms with Gasteiger partial charge in [0.15, 0.2) is 0 Å². The molecule has 10 heavy (non-hydrogen) atoms. The van der Waals surface area contributed by atoms with E-state index in [1.807, 2.05) is 0 Å². The fraction of sp³-hybridized carbons (Fsp3) is 0.500. The summed E-state index contributed by atoms with van der Waals surface area (Å²) in [4.78, 5) is 10.6. The molecule has 0 aromatic rings. The number of hydrogen-bond donors (Lipinski definition) is 1. The van der Waals surface area contributed by atoms with Crippen molar-refractivity contribution in [1.82, 2.24) is 0 Å². The zero-order chi connectivity index (χ0) is 7.28. The normalized spacial score (nSPS) is 11.0. The molecule has 0 bridgehead atoms. The summed E-state index contributed by atoms with van der Waals surface area (Å²) in [5.74, 6) is -0.424. The summed E-state index contributed by atoms with van der Waals surface area (Å²) >= 11 is 0. The molecule has 0 aliphatic rings. The van der Waals surface area contributed by atoms with Gasteiger partial charge >= 0.3 is 5.97 Å². The van der Waals surface area contributed by atoms with Gasteiger partial charge in [0.1, 0.15) is 6.04 Å². The third-order valence-corrected chi connectivity index (χ3v) is 0.813. The molecule has 0 aromatic carbocycles. The minimum atomic E-state index is -0.676. The highest BCUT2D eigenvalue weighted by Crippen LogP contribution is 1.84. The average molecular weight is 166 g/mol. The zero-order valence-corrected chi connectivity index (χ0v) is 6.69. The Morgan fingerprint density at radius 2 is 2.40 bits per heavy atom. The Labute approximate surface area is 66.6 Å². The van der Waals surface area contributed by atoms with Gasteiger partial charge in [-0.1, -0.05) is 6.08 Å². The van der Waals surface area contributed by atoms with Gasteiger partial charge in [0.2, 0.25) is 0 Å². The van der Waals surface area contributed by atoms with Crippen LogP contribution in [0.2, 0.25) is 0 Å². The van der Waals surface area contributed by atoms with E-state index >= 15 is 0 Å². The lowest BCUT2D eigenvalue weighted by atomic mass is 10.3. The van der Waals surface area contributed by atoms with Crippen LogP contribution in [0.25, 0.3) is 0 Å². The maximum atomic E-state index is 10.6. The van der Waals surface area contributed by atoms with Gasteiger partial charge < -0.3 is 10.5 Å². The van der Waals surface area contributed by atoms with E-state index in [-0.39, 0.29) is 12.4 Å². The van der Waals surface area contributed by atoms with E-state index in [0.717, 1.165) is 0 Å². The molecule has 2 N–H and O–H groups in total. The lowest BCUT2D eigenvalue weighted by Crippen LogP contribution is -2.29. The molecule has 0 aliphatic heterocycles. The number of carbonyl (C=O) groups is 1. The minimum absolute atomic E-state index is 0. The number of rotatable bonds is 3. The molecule has 0 saturated heterocycles. The Kier molecular flexibility index (Phi) is 8.00. The lowest BCUT2D eigenvalue weighted by molar-refractivity contribution is -0.143. The Morgan fingerprint density at radius 3 is 2.70 bits per heavy atom. The second-order valence-corrected chi connectivity index (χ2v) is 1.51. The Bertz CT molecular complexity index is 116. The van der Waals surface area contributed by atoms with Crippen LogP contribution in [0.3, 0.4) is 0 Å². The van der Waals surface area contributed by atoms with Crippen molar-refractivity contribution in [3.63, 3.8) is 0 Å². The second kappa shape index (κ2) is 6.58. The van der Waals surface area contributed by atoms with Gasteiger partial charge in [-0.15, -0.1) is 19.0 Å². The highest BCUT2D eigenvalue weighted by Gasteiger charge is 2.07. The van der Waals surface area contributed by atoms with Crippen LogP contribution in [0.1, 0.15) is 6.92 Å². The summed E-state index contributed by atoms with van der Waals surface area (Å²) in [6.45, 7) is 5.43. The average Bonchev–Trinajstić information content (AvgIpc) is 1.87. The number of halogens is 1. The molecule has 1 unspecified atom stereocenters. The number of ether oxygens (including phenoxy) is 1. The first-order chi connectivity index (χ1) is 4.22. The molecular weight excluding hydrogens is 154 g/mol. The SMILES string of the molecule is C=CC(N)C(=O)OCC.Cl. The fourth-order valence-corrected chi connectivity index (χ4v) is 0.335. The van der Waals surface area contributed by atoms with Crippen molar-refractivity contribution in [3.8, 4) is 0 Å². The first-order valence-corrected chi connectivity index (χ1v) is 2.77. The number of esters is 1. The second-order valence-electron chi connectivity index (χ2n) is 1.51. The van der Waals surface area contributed by atoms with Crippen molar-refractivity contribution in [2.75, 3.05) is 6.61 Å². The largest absolute Gasteiger partial charge is 0.465 e. The van der Waals surface area contributed by atoms with Crippen LogP contribution in [0, 0.1) is 0 Å². The molecule has 0 heterocycles. The molecule has 0 spiro atoms. The van der Waals surface area contributed by atoms with Crippen LogP contribution in [-0.2, 0) is 9.53 Å². The molecule has 0 aromatic heterocycles. The molecule has 0 aliphatic carbocycles. The molecule has 1 atom stereocenters. The van der Waals surface area contributed by atoms with Gasteiger partial charge in [0.25, 0.3) is 0 Å². The van der Waals surface area contributed by atoms with Gasteiger partial charge in [0, 0.05) is 0 Å². The van der Waals surface area contributed by atoms with Crippen LogP contribution in [0.15, 0.2) is 12.7 Å². The monoisotopic (exact) mass is 165 g/mol. The Morgan fingerprint density at radius 1 is 1.90 bits per heavy atom. The molecule has 60 valence electrons. The number of carbonyl (C=O) groups excluding carboxylic acids is 1. The summed E-state index contributed by atoms with van der Waals surface area (Å²) < 4.78 is 4.56. The highest BCUT2D eigenvalue weighted by molar-refractivity contribution is 5.85. The van der Waals surface area contributed by atoms with Crippen molar-refractivity contribution in [2.45, 2.75) is 13.0 Å². The van der Waals surface area contributed by atoms with Gasteiger partial charge in [-0.3, -0.25) is 4.79 Å². The summed E-state index contributed by atoms with van der Waals surface area (Å²) in [5, 5.41) is 0. The third-order valence-electron chi connectivity index (χ3n) is 0.813. The minimum Gasteiger partial charge on any atom is -0.465 e. The van der Waals surface area contributed by atoms with E-state index in [2.05, 4.69) is 11.3 Å². The van der Waals surface area contributed by atoms with Crippen molar-refractivity contribution < 1.29 is 9.53 Å². The molecule has 4 heteroatoms.